The van der Waals surface area contributed by atoms with E-state index < -0.39 is 17.7 Å². The normalized spacial score (nSPS) is 13.0. The van der Waals surface area contributed by atoms with Crippen LogP contribution >= 0.6 is 27.5 Å². The van der Waals surface area contributed by atoms with E-state index in [2.05, 4.69) is 15.9 Å². The Kier molecular flexibility index (Phi) is 3.64. The SMILES string of the molecule is OC(CCl)c1cc(F)c(F)cc1Br. The van der Waals surface area contributed by atoms with Crippen LogP contribution in [0.2, 0.25) is 0 Å². The Morgan fingerprint density at radius 3 is 2.46 bits per heavy atom. The van der Waals surface area contributed by atoms with E-state index in [1.54, 1.807) is 0 Å². The summed E-state index contributed by atoms with van der Waals surface area (Å²) in [5.41, 5.74) is 0.244. The number of hydrogen-bond acceptors (Lipinski definition) is 1. The first-order chi connectivity index (χ1) is 6.06. The van der Waals surface area contributed by atoms with E-state index in [0.29, 0.717) is 4.47 Å². The monoisotopic (exact) mass is 270 g/mol. The number of alkyl halides is 1. The molecule has 0 radical (unpaired) electrons. The molecule has 0 saturated carbocycles. The molecule has 1 unspecified atom stereocenters. The first kappa shape index (κ1) is 10.9. The summed E-state index contributed by atoms with van der Waals surface area (Å²) in [4.78, 5) is 0. The Balaban J connectivity index is 3.15. The summed E-state index contributed by atoms with van der Waals surface area (Å²) in [5.74, 6) is -2.02. The fraction of sp³-hybridized carbons (Fsp3) is 0.250. The predicted octanol–water partition coefficient (Wildman–Crippen LogP) is 3.00. The zero-order chi connectivity index (χ0) is 10.0. The summed E-state index contributed by atoms with van der Waals surface area (Å²) in [6.45, 7) is 0. The second-order valence-electron chi connectivity index (χ2n) is 2.46. The zero-order valence-electron chi connectivity index (χ0n) is 6.40. The fourth-order valence-corrected chi connectivity index (χ4v) is 1.62. The van der Waals surface area contributed by atoms with Crippen molar-refractivity contribution in [2.45, 2.75) is 6.10 Å². The van der Waals surface area contributed by atoms with Gasteiger partial charge in [0.15, 0.2) is 11.6 Å². The lowest BCUT2D eigenvalue weighted by molar-refractivity contribution is 0.201. The van der Waals surface area contributed by atoms with Gasteiger partial charge in [-0.2, -0.15) is 0 Å². The van der Waals surface area contributed by atoms with Crippen molar-refractivity contribution in [1.82, 2.24) is 0 Å². The van der Waals surface area contributed by atoms with Crippen LogP contribution in [0.4, 0.5) is 8.78 Å². The third kappa shape index (κ3) is 2.39. The quantitative estimate of drug-likeness (QED) is 0.647. The summed E-state index contributed by atoms with van der Waals surface area (Å²) < 4.78 is 25.6. The van der Waals surface area contributed by atoms with Crippen LogP contribution in [0.1, 0.15) is 11.7 Å². The largest absolute Gasteiger partial charge is 0.387 e. The van der Waals surface area contributed by atoms with E-state index in [9.17, 15) is 13.9 Å². The van der Waals surface area contributed by atoms with Gasteiger partial charge in [0.25, 0.3) is 0 Å². The Hall–Kier alpha value is -0.190. The van der Waals surface area contributed by atoms with E-state index in [1.165, 1.54) is 0 Å². The minimum atomic E-state index is -0.998. The topological polar surface area (TPSA) is 20.2 Å². The van der Waals surface area contributed by atoms with Crippen molar-refractivity contribution in [3.63, 3.8) is 0 Å². The Labute approximate surface area is 87.5 Å². The molecule has 0 spiro atoms. The summed E-state index contributed by atoms with van der Waals surface area (Å²) >= 11 is 8.36. The molecule has 1 rings (SSSR count). The summed E-state index contributed by atoms with van der Waals surface area (Å²) in [7, 11) is 0. The number of halogens is 4. The van der Waals surface area contributed by atoms with Crippen LogP contribution in [-0.2, 0) is 0 Å². The van der Waals surface area contributed by atoms with Gasteiger partial charge in [-0.1, -0.05) is 15.9 Å². The van der Waals surface area contributed by atoms with E-state index in [0.717, 1.165) is 12.1 Å². The molecule has 0 heterocycles. The Morgan fingerprint density at radius 2 is 1.92 bits per heavy atom. The van der Waals surface area contributed by atoms with Gasteiger partial charge in [-0.05, 0) is 17.7 Å². The lowest BCUT2D eigenvalue weighted by Crippen LogP contribution is -2.01. The standard InChI is InChI=1S/C8H6BrClF2O/c9-5-2-7(12)6(11)1-4(5)8(13)3-10/h1-2,8,13H,3H2. The Morgan fingerprint density at radius 1 is 1.38 bits per heavy atom. The summed E-state index contributed by atoms with van der Waals surface area (Å²) in [5, 5.41) is 9.27. The minimum absolute atomic E-state index is 0.0658. The molecule has 1 nitrogen and oxygen atoms in total. The van der Waals surface area contributed by atoms with Gasteiger partial charge in [0.2, 0.25) is 0 Å². The van der Waals surface area contributed by atoms with E-state index in [4.69, 9.17) is 11.6 Å². The molecule has 0 aliphatic carbocycles. The second kappa shape index (κ2) is 4.35. The van der Waals surface area contributed by atoms with Gasteiger partial charge in [-0.25, -0.2) is 8.78 Å². The highest BCUT2D eigenvalue weighted by Gasteiger charge is 2.14. The number of hydrogen-bond donors (Lipinski definition) is 1. The highest BCUT2D eigenvalue weighted by Crippen LogP contribution is 2.26. The van der Waals surface area contributed by atoms with Crippen LogP contribution in [0.15, 0.2) is 16.6 Å². The van der Waals surface area contributed by atoms with Crippen LogP contribution < -0.4 is 0 Å². The molecule has 0 amide bonds. The molecule has 0 saturated heterocycles. The minimum Gasteiger partial charge on any atom is -0.387 e. The van der Waals surface area contributed by atoms with Gasteiger partial charge in [-0.15, -0.1) is 11.6 Å². The number of aliphatic hydroxyl groups excluding tert-OH is 1. The van der Waals surface area contributed by atoms with E-state index >= 15 is 0 Å². The van der Waals surface area contributed by atoms with Gasteiger partial charge >= 0.3 is 0 Å². The number of aliphatic hydroxyl groups is 1. The van der Waals surface area contributed by atoms with Gasteiger partial charge in [0.05, 0.1) is 12.0 Å². The molecule has 0 aromatic heterocycles. The number of rotatable bonds is 2. The third-order valence-electron chi connectivity index (χ3n) is 1.54. The lowest BCUT2D eigenvalue weighted by atomic mass is 10.1. The van der Waals surface area contributed by atoms with Gasteiger partial charge in [0, 0.05) is 4.47 Å². The Bertz CT molecular complexity index is 319. The number of benzene rings is 1. The van der Waals surface area contributed by atoms with Crippen molar-refractivity contribution < 1.29 is 13.9 Å². The molecule has 13 heavy (non-hydrogen) atoms. The van der Waals surface area contributed by atoms with Crippen LogP contribution in [0.3, 0.4) is 0 Å². The predicted molar refractivity (Wildman–Crippen MR) is 49.7 cm³/mol. The van der Waals surface area contributed by atoms with Crippen LogP contribution in [0, 0.1) is 11.6 Å². The smallest absolute Gasteiger partial charge is 0.159 e. The van der Waals surface area contributed by atoms with Crippen molar-refractivity contribution >= 4 is 27.5 Å². The van der Waals surface area contributed by atoms with E-state index in [1.807, 2.05) is 0 Å². The summed E-state index contributed by atoms with van der Waals surface area (Å²) in [6.07, 6.45) is -0.994. The van der Waals surface area contributed by atoms with Gasteiger partial charge < -0.3 is 5.11 Å². The van der Waals surface area contributed by atoms with E-state index in [-0.39, 0.29) is 11.4 Å². The maximum absolute atomic E-state index is 12.7. The summed E-state index contributed by atoms with van der Waals surface area (Å²) in [6, 6.07) is 1.88. The maximum Gasteiger partial charge on any atom is 0.159 e. The average Bonchev–Trinajstić information content (AvgIpc) is 2.10. The van der Waals surface area contributed by atoms with Crippen molar-refractivity contribution in [1.29, 1.82) is 0 Å². The molecule has 0 fully saturated rings. The van der Waals surface area contributed by atoms with Gasteiger partial charge in [-0.3, -0.25) is 0 Å². The zero-order valence-corrected chi connectivity index (χ0v) is 8.74. The second-order valence-corrected chi connectivity index (χ2v) is 3.62. The molecule has 0 bridgehead atoms. The molecule has 1 atom stereocenters. The molecule has 1 aromatic rings. The first-order valence-electron chi connectivity index (χ1n) is 3.44. The molecular formula is C8H6BrClF2O. The van der Waals surface area contributed by atoms with Crippen molar-refractivity contribution in [3.8, 4) is 0 Å². The third-order valence-corrected chi connectivity index (χ3v) is 2.52. The van der Waals surface area contributed by atoms with Crippen LogP contribution in [0.5, 0.6) is 0 Å². The molecule has 1 aromatic carbocycles. The molecule has 0 aliphatic heterocycles. The molecule has 72 valence electrons. The van der Waals surface area contributed by atoms with Crippen LogP contribution in [0.25, 0.3) is 0 Å². The highest BCUT2D eigenvalue weighted by atomic mass is 79.9. The van der Waals surface area contributed by atoms with Crippen molar-refractivity contribution in [2.75, 3.05) is 5.88 Å². The first-order valence-corrected chi connectivity index (χ1v) is 4.77. The maximum atomic E-state index is 12.7. The lowest BCUT2D eigenvalue weighted by Gasteiger charge is -2.09. The molecular weight excluding hydrogens is 265 g/mol. The van der Waals surface area contributed by atoms with Gasteiger partial charge in [0.1, 0.15) is 0 Å². The van der Waals surface area contributed by atoms with Crippen molar-refractivity contribution in [2.24, 2.45) is 0 Å². The van der Waals surface area contributed by atoms with Crippen LogP contribution in [-0.4, -0.2) is 11.0 Å². The molecule has 0 aliphatic rings. The van der Waals surface area contributed by atoms with Crippen molar-refractivity contribution in [3.05, 3.63) is 33.8 Å². The molecule has 1 N–H and O–H groups in total. The highest BCUT2D eigenvalue weighted by molar-refractivity contribution is 9.10. The molecule has 5 heteroatoms. The average molecular weight is 271 g/mol. The fourth-order valence-electron chi connectivity index (χ4n) is 0.876.